The first-order valence-corrected chi connectivity index (χ1v) is 9.93. The van der Waals surface area contributed by atoms with E-state index in [2.05, 4.69) is 20.4 Å². The van der Waals surface area contributed by atoms with Crippen LogP contribution >= 0.6 is 11.6 Å². The van der Waals surface area contributed by atoms with E-state index in [1.807, 2.05) is 0 Å². The van der Waals surface area contributed by atoms with Gasteiger partial charge in [-0.1, -0.05) is 11.6 Å². The van der Waals surface area contributed by atoms with Crippen molar-refractivity contribution in [1.29, 1.82) is 0 Å². The van der Waals surface area contributed by atoms with Crippen molar-refractivity contribution >= 4 is 17.4 Å². The van der Waals surface area contributed by atoms with Crippen molar-refractivity contribution in [2.75, 3.05) is 38.2 Å². The summed E-state index contributed by atoms with van der Waals surface area (Å²) in [5.41, 5.74) is -0.942. The van der Waals surface area contributed by atoms with E-state index in [4.69, 9.17) is 16.3 Å². The number of halogens is 4. The molecule has 1 aromatic heterocycles. The Labute approximate surface area is 161 Å². The number of aromatic nitrogens is 2. The lowest BCUT2D eigenvalue weighted by atomic mass is 10.00. The van der Waals surface area contributed by atoms with Crippen molar-refractivity contribution in [3.8, 4) is 0 Å². The summed E-state index contributed by atoms with van der Waals surface area (Å²) in [6, 6.07) is 1.10. The lowest BCUT2D eigenvalue weighted by Crippen LogP contribution is -2.32. The second-order valence-corrected chi connectivity index (χ2v) is 8.40. The maximum Gasteiger partial charge on any atom is 0.419 e. The normalized spacial score (nSPS) is 29.9. The first kappa shape index (κ1) is 19.2. The summed E-state index contributed by atoms with van der Waals surface area (Å²) < 4.78 is 44.3. The van der Waals surface area contributed by atoms with Gasteiger partial charge in [-0.25, -0.2) is 0 Å². The van der Waals surface area contributed by atoms with E-state index < -0.39 is 16.9 Å². The smallest absolute Gasteiger partial charge is 0.381 e. The Kier molecular flexibility index (Phi) is 5.49. The SMILES string of the molecule is FC(F)(F)c1cc(NC2C[C@@H]3CN(CC4CCOCC4)C[C@@H]3C2)nnc1Cl. The summed E-state index contributed by atoms with van der Waals surface area (Å²) in [6.07, 6.45) is -0.318. The van der Waals surface area contributed by atoms with Crippen molar-refractivity contribution in [3.05, 3.63) is 16.8 Å². The van der Waals surface area contributed by atoms with E-state index in [0.717, 1.165) is 70.5 Å². The Morgan fingerprint density at radius 3 is 2.44 bits per heavy atom. The van der Waals surface area contributed by atoms with E-state index in [0.29, 0.717) is 11.8 Å². The number of anilines is 1. The van der Waals surface area contributed by atoms with Crippen LogP contribution in [0.2, 0.25) is 5.15 Å². The molecule has 5 nitrogen and oxygen atoms in total. The first-order valence-electron chi connectivity index (χ1n) is 9.55. The molecule has 9 heteroatoms. The maximum absolute atomic E-state index is 13.0. The summed E-state index contributed by atoms with van der Waals surface area (Å²) in [4.78, 5) is 2.56. The quantitative estimate of drug-likeness (QED) is 0.829. The molecule has 2 aliphatic heterocycles. The molecule has 0 aromatic carbocycles. The average molecular weight is 405 g/mol. The molecular formula is C18H24ClF3N4O. The standard InChI is InChI=1S/C18H24ClF3N4O/c19-17-15(18(20,21)22)7-16(24-25-17)23-14-5-12-9-26(10-13(12)6-14)8-11-1-3-27-4-2-11/h7,11-14H,1-6,8-10H2,(H,23,24)/t12-,13+,14?. The van der Waals surface area contributed by atoms with E-state index in [1.54, 1.807) is 0 Å². The molecule has 3 aliphatic rings. The number of hydrogen-bond acceptors (Lipinski definition) is 5. The number of nitrogens with zero attached hydrogens (tertiary/aromatic N) is 3. The third-order valence-electron chi connectivity index (χ3n) is 6.09. The highest BCUT2D eigenvalue weighted by Crippen LogP contribution is 2.40. The fraction of sp³-hybridized carbons (Fsp3) is 0.778. The molecule has 1 unspecified atom stereocenters. The number of alkyl halides is 3. The zero-order valence-electron chi connectivity index (χ0n) is 15.0. The molecule has 3 heterocycles. The van der Waals surface area contributed by atoms with Crippen LogP contribution in [0.5, 0.6) is 0 Å². The second-order valence-electron chi connectivity index (χ2n) is 8.04. The third-order valence-corrected chi connectivity index (χ3v) is 6.37. The van der Waals surface area contributed by atoms with Gasteiger partial charge in [0.25, 0.3) is 0 Å². The van der Waals surface area contributed by atoms with Crippen LogP contribution in [0, 0.1) is 17.8 Å². The predicted molar refractivity (Wildman–Crippen MR) is 95.7 cm³/mol. The minimum absolute atomic E-state index is 0.141. The number of ether oxygens (including phenoxy) is 1. The van der Waals surface area contributed by atoms with Crippen LogP contribution in [0.3, 0.4) is 0 Å². The molecule has 1 saturated carbocycles. The van der Waals surface area contributed by atoms with Gasteiger partial charge in [0.15, 0.2) is 5.15 Å². The minimum Gasteiger partial charge on any atom is -0.381 e. The fourth-order valence-corrected chi connectivity index (χ4v) is 5.01. The van der Waals surface area contributed by atoms with Crippen LogP contribution in [0.15, 0.2) is 6.07 Å². The van der Waals surface area contributed by atoms with Crippen LogP contribution < -0.4 is 5.32 Å². The van der Waals surface area contributed by atoms with Gasteiger partial charge in [0.1, 0.15) is 5.82 Å². The summed E-state index contributed by atoms with van der Waals surface area (Å²) >= 11 is 5.54. The minimum atomic E-state index is -4.53. The zero-order valence-corrected chi connectivity index (χ0v) is 15.8. The largest absolute Gasteiger partial charge is 0.419 e. The van der Waals surface area contributed by atoms with E-state index in [1.165, 1.54) is 0 Å². The summed E-state index contributed by atoms with van der Waals surface area (Å²) in [5.74, 6) is 2.08. The highest BCUT2D eigenvalue weighted by atomic mass is 35.5. The number of hydrogen-bond donors (Lipinski definition) is 1. The molecule has 3 fully saturated rings. The molecule has 4 rings (SSSR count). The van der Waals surface area contributed by atoms with E-state index in [9.17, 15) is 13.2 Å². The van der Waals surface area contributed by atoms with Gasteiger partial charge in [0.05, 0.1) is 5.56 Å². The summed E-state index contributed by atoms with van der Waals surface area (Å²) in [6.45, 7) is 5.06. The molecule has 0 radical (unpaired) electrons. The van der Waals surface area contributed by atoms with E-state index >= 15 is 0 Å². The molecule has 1 N–H and O–H groups in total. The Morgan fingerprint density at radius 1 is 1.15 bits per heavy atom. The average Bonchev–Trinajstić information content (AvgIpc) is 3.14. The predicted octanol–water partition coefficient (Wildman–Crippen LogP) is 3.70. The summed E-state index contributed by atoms with van der Waals surface area (Å²) in [5, 5.41) is 9.77. The van der Waals surface area contributed by atoms with Crippen LogP contribution in [-0.4, -0.2) is 54.0 Å². The van der Waals surface area contributed by atoms with Crippen molar-refractivity contribution in [2.24, 2.45) is 17.8 Å². The van der Waals surface area contributed by atoms with Gasteiger partial charge >= 0.3 is 6.18 Å². The van der Waals surface area contributed by atoms with Gasteiger partial charge in [-0.3, -0.25) is 0 Å². The number of fused-ring (bicyclic) bond motifs is 1. The Balaban J connectivity index is 1.30. The van der Waals surface area contributed by atoms with E-state index in [-0.39, 0.29) is 11.9 Å². The van der Waals surface area contributed by atoms with Crippen LogP contribution in [0.4, 0.5) is 19.0 Å². The van der Waals surface area contributed by atoms with Gasteiger partial charge in [0, 0.05) is 38.9 Å². The third kappa shape index (κ3) is 4.49. The lowest BCUT2D eigenvalue weighted by molar-refractivity contribution is -0.137. The molecule has 0 spiro atoms. The zero-order chi connectivity index (χ0) is 19.0. The van der Waals surface area contributed by atoms with Gasteiger partial charge in [-0.05, 0) is 49.5 Å². The molecular weight excluding hydrogens is 381 g/mol. The molecule has 0 amide bonds. The van der Waals surface area contributed by atoms with Crippen molar-refractivity contribution in [1.82, 2.24) is 15.1 Å². The van der Waals surface area contributed by atoms with Crippen LogP contribution in [0.25, 0.3) is 0 Å². The van der Waals surface area contributed by atoms with Crippen LogP contribution in [-0.2, 0) is 10.9 Å². The molecule has 150 valence electrons. The van der Waals surface area contributed by atoms with Gasteiger partial charge < -0.3 is 15.0 Å². The lowest BCUT2D eigenvalue weighted by Gasteiger charge is -2.27. The Hall–Kier alpha value is -1.12. The van der Waals surface area contributed by atoms with Crippen molar-refractivity contribution in [3.63, 3.8) is 0 Å². The van der Waals surface area contributed by atoms with Gasteiger partial charge in [-0.15, -0.1) is 10.2 Å². The van der Waals surface area contributed by atoms with Crippen LogP contribution in [0.1, 0.15) is 31.2 Å². The molecule has 1 aliphatic carbocycles. The number of likely N-dealkylation sites (tertiary alicyclic amines) is 1. The Bertz CT molecular complexity index is 654. The fourth-order valence-electron chi connectivity index (χ4n) is 4.81. The Morgan fingerprint density at radius 2 is 1.81 bits per heavy atom. The number of nitrogens with one attached hydrogen (secondary N) is 1. The monoisotopic (exact) mass is 404 g/mol. The molecule has 27 heavy (non-hydrogen) atoms. The maximum atomic E-state index is 13.0. The number of rotatable bonds is 4. The second kappa shape index (κ2) is 7.72. The molecule has 1 aromatic rings. The molecule has 2 saturated heterocycles. The van der Waals surface area contributed by atoms with Crippen molar-refractivity contribution < 1.29 is 17.9 Å². The van der Waals surface area contributed by atoms with Gasteiger partial charge in [0.2, 0.25) is 0 Å². The summed E-state index contributed by atoms with van der Waals surface area (Å²) in [7, 11) is 0. The topological polar surface area (TPSA) is 50.3 Å². The molecule has 0 bridgehead atoms. The van der Waals surface area contributed by atoms with Crippen molar-refractivity contribution in [2.45, 2.75) is 37.9 Å². The van der Waals surface area contributed by atoms with Gasteiger partial charge in [-0.2, -0.15) is 13.2 Å². The first-order chi connectivity index (χ1) is 12.9. The highest BCUT2D eigenvalue weighted by Gasteiger charge is 2.41. The highest BCUT2D eigenvalue weighted by molar-refractivity contribution is 6.30. The molecule has 3 atom stereocenters.